The first kappa shape index (κ1) is 11.4. The highest BCUT2D eigenvalue weighted by molar-refractivity contribution is 9.13. The third-order valence-electron chi connectivity index (χ3n) is 2.53. The number of rotatable bonds is 3. The highest BCUT2D eigenvalue weighted by Crippen LogP contribution is 2.26. The van der Waals surface area contributed by atoms with Crippen molar-refractivity contribution >= 4 is 31.9 Å². The molecule has 0 radical (unpaired) electrons. The Morgan fingerprint density at radius 1 is 1.40 bits per heavy atom. The number of allylic oxidation sites excluding steroid dienone is 1. The highest BCUT2D eigenvalue weighted by atomic mass is 79.9. The van der Waals surface area contributed by atoms with Gasteiger partial charge < -0.3 is 9.73 Å². The summed E-state index contributed by atoms with van der Waals surface area (Å²) >= 11 is 6.73. The van der Waals surface area contributed by atoms with Crippen molar-refractivity contribution in [1.29, 1.82) is 0 Å². The van der Waals surface area contributed by atoms with E-state index in [1.54, 1.807) is 0 Å². The molecule has 1 unspecified atom stereocenters. The molecule has 1 aromatic heterocycles. The van der Waals surface area contributed by atoms with Gasteiger partial charge in [-0.3, -0.25) is 0 Å². The Hall–Kier alpha value is -0.0600. The van der Waals surface area contributed by atoms with Crippen molar-refractivity contribution in [2.24, 2.45) is 0 Å². The van der Waals surface area contributed by atoms with Gasteiger partial charge in [0.1, 0.15) is 5.76 Å². The van der Waals surface area contributed by atoms with Crippen LogP contribution in [0.5, 0.6) is 0 Å². The Bertz CT molecular complexity index is 340. The Labute approximate surface area is 106 Å². The van der Waals surface area contributed by atoms with Crippen LogP contribution >= 0.6 is 31.9 Å². The lowest BCUT2D eigenvalue weighted by molar-refractivity contribution is 0.417. The van der Waals surface area contributed by atoms with Crippen molar-refractivity contribution in [3.63, 3.8) is 0 Å². The maximum Gasteiger partial charge on any atom is 0.183 e. The fourth-order valence-corrected chi connectivity index (χ4v) is 2.36. The average Bonchev–Trinajstić information content (AvgIpc) is 2.57. The van der Waals surface area contributed by atoms with Gasteiger partial charge in [-0.15, -0.1) is 0 Å². The number of hydrogen-bond donors (Lipinski definition) is 1. The summed E-state index contributed by atoms with van der Waals surface area (Å²) < 4.78 is 7.24. The van der Waals surface area contributed by atoms with Gasteiger partial charge in [-0.05, 0) is 57.2 Å². The van der Waals surface area contributed by atoms with Crippen LogP contribution in [0, 0.1) is 0 Å². The van der Waals surface area contributed by atoms with Crippen LogP contribution in [0.15, 0.2) is 31.8 Å². The molecule has 0 aliphatic heterocycles. The second kappa shape index (κ2) is 5.32. The minimum atomic E-state index is 0.595. The lowest BCUT2D eigenvalue weighted by Gasteiger charge is -2.18. The van der Waals surface area contributed by atoms with E-state index in [-0.39, 0.29) is 0 Å². The Morgan fingerprint density at radius 2 is 2.27 bits per heavy atom. The average molecular weight is 335 g/mol. The molecule has 0 amide bonds. The number of nitrogens with one attached hydrogen (secondary N) is 1. The molecule has 15 heavy (non-hydrogen) atoms. The van der Waals surface area contributed by atoms with E-state index in [0.29, 0.717) is 6.04 Å². The van der Waals surface area contributed by atoms with Gasteiger partial charge >= 0.3 is 0 Å². The molecule has 2 nitrogen and oxygen atoms in total. The lowest BCUT2D eigenvalue weighted by atomic mass is 10.0. The van der Waals surface area contributed by atoms with Crippen LogP contribution in [-0.4, -0.2) is 6.04 Å². The second-order valence-corrected chi connectivity index (χ2v) is 5.27. The maximum atomic E-state index is 5.49. The fourth-order valence-electron chi connectivity index (χ4n) is 1.70. The standard InChI is InChI=1S/C11H13Br2NO/c12-10-6-9(15-11(10)13)7-14-8-4-2-1-3-5-8/h1-2,6,8,14H,3-5,7H2. The van der Waals surface area contributed by atoms with Crippen LogP contribution in [0.4, 0.5) is 0 Å². The molecule has 1 aliphatic carbocycles. The molecule has 2 rings (SSSR count). The van der Waals surface area contributed by atoms with Gasteiger partial charge in [0.2, 0.25) is 0 Å². The molecule has 82 valence electrons. The summed E-state index contributed by atoms with van der Waals surface area (Å²) in [4.78, 5) is 0. The SMILES string of the molecule is Brc1cc(CNC2CC=CCC2)oc1Br. The highest BCUT2D eigenvalue weighted by Gasteiger charge is 2.11. The smallest absolute Gasteiger partial charge is 0.183 e. The molecule has 0 aromatic carbocycles. The van der Waals surface area contributed by atoms with Crippen molar-refractivity contribution in [2.45, 2.75) is 31.8 Å². The first-order chi connectivity index (χ1) is 7.25. The Morgan fingerprint density at radius 3 is 2.87 bits per heavy atom. The molecule has 0 spiro atoms. The monoisotopic (exact) mass is 333 g/mol. The van der Waals surface area contributed by atoms with Crippen LogP contribution in [0.1, 0.15) is 25.0 Å². The number of furan rings is 1. The summed E-state index contributed by atoms with van der Waals surface area (Å²) in [5, 5.41) is 3.49. The van der Waals surface area contributed by atoms with Crippen molar-refractivity contribution in [1.82, 2.24) is 5.32 Å². The van der Waals surface area contributed by atoms with Crippen molar-refractivity contribution < 1.29 is 4.42 Å². The zero-order valence-corrected chi connectivity index (χ0v) is 11.5. The molecule has 0 saturated carbocycles. The first-order valence-corrected chi connectivity index (χ1v) is 6.66. The van der Waals surface area contributed by atoms with E-state index in [1.807, 2.05) is 6.07 Å². The van der Waals surface area contributed by atoms with Gasteiger partial charge in [-0.25, -0.2) is 0 Å². The molecule has 1 aromatic rings. The normalized spacial score (nSPS) is 20.8. The maximum absolute atomic E-state index is 5.49. The molecule has 1 atom stereocenters. The van der Waals surface area contributed by atoms with Crippen LogP contribution in [-0.2, 0) is 6.54 Å². The zero-order chi connectivity index (χ0) is 10.7. The summed E-state index contributed by atoms with van der Waals surface area (Å²) in [5.74, 6) is 0.961. The molecule has 1 aliphatic rings. The lowest BCUT2D eigenvalue weighted by Crippen LogP contribution is -2.28. The van der Waals surface area contributed by atoms with Crippen molar-refractivity contribution in [2.75, 3.05) is 0 Å². The second-order valence-electron chi connectivity index (χ2n) is 3.70. The van der Waals surface area contributed by atoms with Gasteiger partial charge in [-0.1, -0.05) is 12.2 Å². The van der Waals surface area contributed by atoms with E-state index < -0.39 is 0 Å². The predicted molar refractivity (Wildman–Crippen MR) is 67.7 cm³/mol. The molecule has 1 N–H and O–H groups in total. The number of hydrogen-bond acceptors (Lipinski definition) is 2. The summed E-state index contributed by atoms with van der Waals surface area (Å²) in [5.41, 5.74) is 0. The topological polar surface area (TPSA) is 25.2 Å². The largest absolute Gasteiger partial charge is 0.452 e. The van der Waals surface area contributed by atoms with Crippen LogP contribution in [0.25, 0.3) is 0 Å². The summed E-state index contributed by atoms with van der Waals surface area (Å²) in [6.45, 7) is 0.794. The molecule has 4 heteroatoms. The van der Waals surface area contributed by atoms with Crippen LogP contribution in [0.2, 0.25) is 0 Å². The van der Waals surface area contributed by atoms with E-state index in [2.05, 4.69) is 49.3 Å². The summed E-state index contributed by atoms with van der Waals surface area (Å²) in [6.07, 6.45) is 8.03. The minimum Gasteiger partial charge on any atom is -0.452 e. The molecule has 0 saturated heterocycles. The van der Waals surface area contributed by atoms with E-state index >= 15 is 0 Å². The number of halogens is 2. The molecule has 1 heterocycles. The fraction of sp³-hybridized carbons (Fsp3) is 0.455. The predicted octanol–water partition coefficient (Wildman–Crippen LogP) is 4.00. The van der Waals surface area contributed by atoms with Crippen molar-refractivity contribution in [3.8, 4) is 0 Å². The summed E-state index contributed by atoms with van der Waals surface area (Å²) in [7, 11) is 0. The third kappa shape index (κ3) is 3.20. The quantitative estimate of drug-likeness (QED) is 0.845. The Kier molecular flexibility index (Phi) is 4.05. The van der Waals surface area contributed by atoms with E-state index in [1.165, 1.54) is 12.8 Å². The minimum absolute atomic E-state index is 0.595. The van der Waals surface area contributed by atoms with Gasteiger partial charge in [0.25, 0.3) is 0 Å². The molecule has 0 bridgehead atoms. The van der Waals surface area contributed by atoms with E-state index in [4.69, 9.17) is 4.42 Å². The van der Waals surface area contributed by atoms with E-state index in [0.717, 1.165) is 27.9 Å². The van der Waals surface area contributed by atoms with Crippen LogP contribution in [0.3, 0.4) is 0 Å². The molecular formula is C11H13Br2NO. The first-order valence-electron chi connectivity index (χ1n) is 5.08. The van der Waals surface area contributed by atoms with Gasteiger partial charge in [-0.2, -0.15) is 0 Å². The Balaban J connectivity index is 1.84. The third-order valence-corrected chi connectivity index (χ3v) is 4.24. The van der Waals surface area contributed by atoms with Crippen LogP contribution < -0.4 is 5.32 Å². The van der Waals surface area contributed by atoms with Gasteiger partial charge in [0, 0.05) is 6.04 Å². The van der Waals surface area contributed by atoms with E-state index in [9.17, 15) is 0 Å². The van der Waals surface area contributed by atoms with Gasteiger partial charge in [0.05, 0.1) is 11.0 Å². The summed E-state index contributed by atoms with van der Waals surface area (Å²) in [6, 6.07) is 2.59. The van der Waals surface area contributed by atoms with Gasteiger partial charge in [0.15, 0.2) is 4.67 Å². The zero-order valence-electron chi connectivity index (χ0n) is 8.30. The molecule has 0 fully saturated rings. The molecular weight excluding hydrogens is 322 g/mol. The van der Waals surface area contributed by atoms with Crippen molar-refractivity contribution in [3.05, 3.63) is 33.1 Å².